The van der Waals surface area contributed by atoms with Crippen molar-refractivity contribution in [3.05, 3.63) is 0 Å². The van der Waals surface area contributed by atoms with E-state index in [2.05, 4.69) is 4.74 Å². The third-order valence-electron chi connectivity index (χ3n) is 1.21. The first kappa shape index (κ1) is 6.48. The fourth-order valence-corrected chi connectivity index (χ4v) is 0.725. The van der Waals surface area contributed by atoms with E-state index in [0.29, 0.717) is 0 Å². The quantitative estimate of drug-likeness (QED) is 0.498. The lowest BCUT2D eigenvalue weighted by molar-refractivity contribution is -0.146. The molecule has 0 spiro atoms. The summed E-state index contributed by atoms with van der Waals surface area (Å²) in [6, 6.07) is 0. The highest BCUT2D eigenvalue weighted by atomic mass is 19.1. The summed E-state index contributed by atoms with van der Waals surface area (Å²) in [5, 5.41) is 8.36. The Labute approximate surface area is 51.4 Å². The van der Waals surface area contributed by atoms with Crippen molar-refractivity contribution in [1.29, 1.82) is 0 Å². The number of hydrogen-bond donors (Lipinski definition) is 1. The molecule has 9 heavy (non-hydrogen) atoms. The van der Waals surface area contributed by atoms with Gasteiger partial charge in [0.2, 0.25) is 6.17 Å². The molecule has 4 heteroatoms. The monoisotopic (exact) mass is 134 g/mol. The van der Waals surface area contributed by atoms with Gasteiger partial charge in [0.15, 0.2) is 0 Å². The first-order valence-corrected chi connectivity index (χ1v) is 2.69. The SMILES string of the molecule is O=C1O[C@H](CO)CC1F. The van der Waals surface area contributed by atoms with Crippen molar-refractivity contribution in [3.63, 3.8) is 0 Å². The normalized spacial score (nSPS) is 34.7. The van der Waals surface area contributed by atoms with Crippen molar-refractivity contribution >= 4 is 5.97 Å². The van der Waals surface area contributed by atoms with Crippen LogP contribution in [0.5, 0.6) is 0 Å². The minimum Gasteiger partial charge on any atom is -0.458 e. The largest absolute Gasteiger partial charge is 0.458 e. The van der Waals surface area contributed by atoms with Gasteiger partial charge in [0, 0.05) is 6.42 Å². The van der Waals surface area contributed by atoms with Gasteiger partial charge in [0.25, 0.3) is 0 Å². The van der Waals surface area contributed by atoms with Gasteiger partial charge in [-0.25, -0.2) is 9.18 Å². The van der Waals surface area contributed by atoms with Crippen LogP contribution in [0, 0.1) is 0 Å². The molecule has 1 N–H and O–H groups in total. The molecule has 1 unspecified atom stereocenters. The van der Waals surface area contributed by atoms with Gasteiger partial charge in [-0.1, -0.05) is 0 Å². The number of carbonyl (C=O) groups excluding carboxylic acids is 1. The Hall–Kier alpha value is -0.640. The minimum absolute atomic E-state index is 0.00463. The lowest BCUT2D eigenvalue weighted by atomic mass is 10.2. The first-order chi connectivity index (χ1) is 4.24. The van der Waals surface area contributed by atoms with Crippen LogP contribution in [-0.4, -0.2) is 30.0 Å². The predicted molar refractivity (Wildman–Crippen MR) is 26.5 cm³/mol. The number of aliphatic hydroxyl groups is 1. The third kappa shape index (κ3) is 1.18. The summed E-state index contributed by atoms with van der Waals surface area (Å²) in [6.45, 7) is -0.286. The molecule has 1 aliphatic rings. The van der Waals surface area contributed by atoms with Crippen molar-refractivity contribution in [2.24, 2.45) is 0 Å². The molecule has 1 saturated heterocycles. The number of ether oxygens (including phenoxy) is 1. The lowest BCUT2D eigenvalue weighted by Crippen LogP contribution is -2.10. The van der Waals surface area contributed by atoms with Crippen LogP contribution in [0.2, 0.25) is 0 Å². The highest BCUT2D eigenvalue weighted by Crippen LogP contribution is 2.16. The van der Waals surface area contributed by atoms with Gasteiger partial charge in [-0.15, -0.1) is 0 Å². The summed E-state index contributed by atoms with van der Waals surface area (Å²) >= 11 is 0. The number of cyclic esters (lactones) is 1. The van der Waals surface area contributed by atoms with E-state index in [-0.39, 0.29) is 13.0 Å². The number of rotatable bonds is 1. The van der Waals surface area contributed by atoms with Crippen molar-refractivity contribution in [2.75, 3.05) is 6.61 Å². The fourth-order valence-electron chi connectivity index (χ4n) is 0.725. The number of esters is 1. The molecular weight excluding hydrogens is 127 g/mol. The molecule has 1 aliphatic heterocycles. The summed E-state index contributed by atoms with van der Waals surface area (Å²) in [5.74, 6) is -0.853. The topological polar surface area (TPSA) is 46.5 Å². The molecule has 0 bridgehead atoms. The van der Waals surface area contributed by atoms with Crippen LogP contribution in [0.1, 0.15) is 6.42 Å². The van der Waals surface area contributed by atoms with Crippen molar-refractivity contribution < 1.29 is 19.0 Å². The highest BCUT2D eigenvalue weighted by Gasteiger charge is 2.33. The second kappa shape index (κ2) is 2.31. The minimum atomic E-state index is -1.53. The van der Waals surface area contributed by atoms with Crippen LogP contribution >= 0.6 is 0 Å². The van der Waals surface area contributed by atoms with Gasteiger partial charge < -0.3 is 9.84 Å². The van der Waals surface area contributed by atoms with Crippen LogP contribution in [0.25, 0.3) is 0 Å². The Kier molecular flexibility index (Phi) is 1.66. The number of carbonyl (C=O) groups is 1. The molecule has 2 atom stereocenters. The third-order valence-corrected chi connectivity index (χ3v) is 1.21. The van der Waals surface area contributed by atoms with Gasteiger partial charge in [-0.3, -0.25) is 0 Å². The smallest absolute Gasteiger partial charge is 0.341 e. The molecule has 0 aromatic heterocycles. The standard InChI is InChI=1S/C5H7FO3/c6-4-1-3(2-7)9-5(4)8/h3-4,7H,1-2H2/t3-,4?/m0/s1. The number of alkyl halides is 1. The van der Waals surface area contributed by atoms with Gasteiger partial charge in [-0.05, 0) is 0 Å². The van der Waals surface area contributed by atoms with Crippen molar-refractivity contribution in [1.82, 2.24) is 0 Å². The zero-order chi connectivity index (χ0) is 6.85. The zero-order valence-corrected chi connectivity index (χ0v) is 4.71. The molecule has 0 saturated carbocycles. The average Bonchev–Trinajstić information content (AvgIpc) is 2.13. The van der Waals surface area contributed by atoms with Crippen molar-refractivity contribution in [2.45, 2.75) is 18.7 Å². The van der Waals surface area contributed by atoms with Crippen LogP contribution < -0.4 is 0 Å². The second-order valence-corrected chi connectivity index (χ2v) is 1.94. The van der Waals surface area contributed by atoms with Crippen LogP contribution in [0.3, 0.4) is 0 Å². The van der Waals surface area contributed by atoms with Crippen LogP contribution in [0.15, 0.2) is 0 Å². The van der Waals surface area contributed by atoms with Gasteiger partial charge >= 0.3 is 5.97 Å². The first-order valence-electron chi connectivity index (χ1n) is 2.69. The van der Waals surface area contributed by atoms with E-state index in [4.69, 9.17) is 5.11 Å². The number of halogens is 1. The van der Waals surface area contributed by atoms with E-state index >= 15 is 0 Å². The maximum Gasteiger partial charge on any atom is 0.341 e. The predicted octanol–water partition coefficient (Wildman–Crippen LogP) is -0.368. The summed E-state index contributed by atoms with van der Waals surface area (Å²) in [4.78, 5) is 10.2. The molecular formula is C5H7FO3. The maximum absolute atomic E-state index is 12.2. The Balaban J connectivity index is 2.44. The van der Waals surface area contributed by atoms with E-state index < -0.39 is 18.2 Å². The van der Waals surface area contributed by atoms with Gasteiger partial charge in [0.05, 0.1) is 6.61 Å². The van der Waals surface area contributed by atoms with E-state index in [1.54, 1.807) is 0 Å². The fraction of sp³-hybridized carbons (Fsp3) is 0.800. The Morgan fingerprint density at radius 2 is 2.56 bits per heavy atom. The summed E-state index contributed by atoms with van der Waals surface area (Å²) in [6.07, 6.45) is -2.15. The van der Waals surface area contributed by atoms with E-state index in [1.807, 2.05) is 0 Å². The molecule has 52 valence electrons. The zero-order valence-electron chi connectivity index (χ0n) is 4.71. The molecule has 1 heterocycles. The molecule has 0 aliphatic carbocycles. The summed E-state index contributed by atoms with van der Waals surface area (Å²) in [7, 11) is 0. The lowest BCUT2D eigenvalue weighted by Gasteiger charge is -2.00. The van der Waals surface area contributed by atoms with Crippen molar-refractivity contribution in [3.8, 4) is 0 Å². The summed E-state index contributed by atoms with van der Waals surface area (Å²) in [5.41, 5.74) is 0. The van der Waals surface area contributed by atoms with Crippen LogP contribution in [-0.2, 0) is 9.53 Å². The van der Waals surface area contributed by atoms with E-state index in [0.717, 1.165) is 0 Å². The average molecular weight is 134 g/mol. The molecule has 0 radical (unpaired) electrons. The molecule has 0 amide bonds. The summed E-state index contributed by atoms with van der Waals surface area (Å²) < 4.78 is 16.5. The number of aliphatic hydroxyl groups excluding tert-OH is 1. The second-order valence-electron chi connectivity index (χ2n) is 1.94. The van der Waals surface area contributed by atoms with Crippen LogP contribution in [0.4, 0.5) is 4.39 Å². The molecule has 0 aromatic carbocycles. The molecule has 0 aromatic rings. The maximum atomic E-state index is 12.2. The Morgan fingerprint density at radius 1 is 1.89 bits per heavy atom. The molecule has 1 fully saturated rings. The number of hydrogen-bond acceptors (Lipinski definition) is 3. The van der Waals surface area contributed by atoms with Gasteiger partial charge in [-0.2, -0.15) is 0 Å². The molecule has 1 rings (SSSR count). The van der Waals surface area contributed by atoms with Gasteiger partial charge in [0.1, 0.15) is 6.10 Å². The Bertz CT molecular complexity index is 125. The van der Waals surface area contributed by atoms with E-state index in [1.165, 1.54) is 0 Å². The molecule has 3 nitrogen and oxygen atoms in total. The Morgan fingerprint density at radius 3 is 2.78 bits per heavy atom. The highest BCUT2D eigenvalue weighted by molar-refractivity contribution is 5.76. The van der Waals surface area contributed by atoms with E-state index in [9.17, 15) is 9.18 Å².